The molecule has 0 fully saturated rings. The molecule has 0 spiro atoms. The molecule has 1 unspecified atom stereocenters. The summed E-state index contributed by atoms with van der Waals surface area (Å²) in [4.78, 5) is 21.9. The molecule has 0 aromatic heterocycles. The average Bonchev–Trinajstić information content (AvgIpc) is 2.42. The number of halogens is 1. The van der Waals surface area contributed by atoms with Crippen LogP contribution < -0.4 is 10.1 Å². The number of ether oxygens (including phenoxy) is 1. The quantitative estimate of drug-likeness (QED) is 0.683. The van der Waals surface area contributed by atoms with E-state index >= 15 is 0 Å². The number of carbonyl (C=O) groups excluding carboxylic acids is 1. The molecule has 6 nitrogen and oxygen atoms in total. The predicted octanol–water partition coefficient (Wildman–Crippen LogP) is 0.952. The highest BCUT2D eigenvalue weighted by Crippen LogP contribution is 2.25. The van der Waals surface area contributed by atoms with Crippen LogP contribution in [0.3, 0.4) is 0 Å². The van der Waals surface area contributed by atoms with Crippen LogP contribution in [0.1, 0.15) is 12.0 Å². The smallest absolute Gasteiger partial charge is 0.334 e. The fourth-order valence-corrected chi connectivity index (χ4v) is 2.10. The molecule has 1 aromatic carbocycles. The highest BCUT2D eigenvalue weighted by Gasteiger charge is 2.14. The summed E-state index contributed by atoms with van der Waals surface area (Å²) in [5, 5.41) is 19.8. The van der Waals surface area contributed by atoms with Gasteiger partial charge in [0.05, 0.1) is 18.1 Å². The molecule has 0 aliphatic rings. The van der Waals surface area contributed by atoms with Crippen molar-refractivity contribution < 1.29 is 24.5 Å². The first-order valence-corrected chi connectivity index (χ1v) is 6.73. The van der Waals surface area contributed by atoms with E-state index in [-0.39, 0.29) is 18.9 Å². The lowest BCUT2D eigenvalue weighted by Gasteiger charge is -2.08. The van der Waals surface area contributed by atoms with Gasteiger partial charge in [0, 0.05) is 6.42 Å². The largest absolute Gasteiger partial charge is 0.496 e. The van der Waals surface area contributed by atoms with E-state index < -0.39 is 12.1 Å². The Labute approximate surface area is 124 Å². The zero-order valence-corrected chi connectivity index (χ0v) is 12.5. The Balaban J connectivity index is 2.41. The van der Waals surface area contributed by atoms with Gasteiger partial charge in [-0.05, 0) is 40.0 Å². The molecule has 0 aliphatic carbocycles. The Kier molecular flexibility index (Phi) is 6.47. The fraction of sp³-hybridized carbons (Fsp3) is 0.385. The molecule has 1 amide bonds. The summed E-state index contributed by atoms with van der Waals surface area (Å²) in [6, 6.07) is 5.51. The first-order valence-electron chi connectivity index (χ1n) is 5.94. The van der Waals surface area contributed by atoms with Crippen molar-refractivity contribution in [2.75, 3.05) is 13.7 Å². The third-order valence-corrected chi connectivity index (χ3v) is 3.25. The molecule has 20 heavy (non-hydrogen) atoms. The number of rotatable bonds is 7. The number of carboxylic acid groups (broad SMARTS) is 1. The minimum absolute atomic E-state index is 0.213. The lowest BCUT2D eigenvalue weighted by molar-refractivity contribution is -0.146. The summed E-state index contributed by atoms with van der Waals surface area (Å²) >= 11 is 3.36. The van der Waals surface area contributed by atoms with E-state index in [0.29, 0.717) is 12.2 Å². The number of carbonyl (C=O) groups is 2. The molecule has 0 saturated heterocycles. The molecule has 0 saturated carbocycles. The number of aryl methyl sites for hydroxylation is 1. The summed E-state index contributed by atoms with van der Waals surface area (Å²) < 4.78 is 5.91. The van der Waals surface area contributed by atoms with Gasteiger partial charge in [-0.25, -0.2) is 4.79 Å². The predicted molar refractivity (Wildman–Crippen MR) is 75.7 cm³/mol. The molecule has 0 radical (unpaired) electrons. The number of benzene rings is 1. The number of nitrogens with one attached hydrogen (secondary N) is 1. The summed E-state index contributed by atoms with van der Waals surface area (Å²) in [5.74, 6) is -0.954. The third kappa shape index (κ3) is 5.18. The zero-order valence-electron chi connectivity index (χ0n) is 10.9. The second-order valence-corrected chi connectivity index (χ2v) is 4.98. The summed E-state index contributed by atoms with van der Waals surface area (Å²) in [6.07, 6.45) is -0.850. The molecule has 3 N–H and O–H groups in total. The van der Waals surface area contributed by atoms with Gasteiger partial charge in [-0.15, -0.1) is 0 Å². The van der Waals surface area contributed by atoms with Crippen molar-refractivity contribution in [3.63, 3.8) is 0 Å². The maximum atomic E-state index is 11.5. The van der Waals surface area contributed by atoms with Crippen molar-refractivity contribution in [3.05, 3.63) is 28.2 Å². The Bertz CT molecular complexity index is 492. The van der Waals surface area contributed by atoms with Crippen LogP contribution in [0, 0.1) is 0 Å². The minimum atomic E-state index is -1.57. The van der Waals surface area contributed by atoms with Gasteiger partial charge in [0.2, 0.25) is 5.91 Å². The first-order chi connectivity index (χ1) is 9.43. The molecule has 7 heteroatoms. The van der Waals surface area contributed by atoms with Gasteiger partial charge in [0.15, 0.2) is 6.10 Å². The fourth-order valence-electron chi connectivity index (χ4n) is 1.51. The summed E-state index contributed by atoms with van der Waals surface area (Å²) in [5.41, 5.74) is 0.951. The zero-order chi connectivity index (χ0) is 15.1. The van der Waals surface area contributed by atoms with E-state index in [1.54, 1.807) is 13.2 Å². The van der Waals surface area contributed by atoms with E-state index in [0.717, 1.165) is 10.0 Å². The number of methoxy groups -OCH3 is 1. The minimum Gasteiger partial charge on any atom is -0.496 e. The van der Waals surface area contributed by atoms with Crippen LogP contribution in [0.25, 0.3) is 0 Å². The van der Waals surface area contributed by atoms with E-state index in [4.69, 9.17) is 14.9 Å². The normalized spacial score (nSPS) is 11.8. The van der Waals surface area contributed by atoms with Crippen LogP contribution in [0.2, 0.25) is 0 Å². The van der Waals surface area contributed by atoms with E-state index in [1.165, 1.54) is 0 Å². The second kappa shape index (κ2) is 7.86. The van der Waals surface area contributed by atoms with Crippen LogP contribution in [-0.2, 0) is 16.0 Å². The molecule has 1 rings (SSSR count). The average molecular weight is 346 g/mol. The topological polar surface area (TPSA) is 95.9 Å². The monoisotopic (exact) mass is 345 g/mol. The molecule has 0 heterocycles. The van der Waals surface area contributed by atoms with Crippen LogP contribution in [0.5, 0.6) is 5.75 Å². The Morgan fingerprint density at radius 2 is 2.15 bits per heavy atom. The van der Waals surface area contributed by atoms with Crippen LogP contribution in [-0.4, -0.2) is 41.8 Å². The number of aliphatic hydroxyl groups excluding tert-OH is 1. The SMILES string of the molecule is COc1ccc(CCC(=O)NCC(O)C(=O)O)cc1Br. The van der Waals surface area contributed by atoms with Crippen molar-refractivity contribution in [1.82, 2.24) is 5.32 Å². The van der Waals surface area contributed by atoms with Gasteiger partial charge in [0.25, 0.3) is 0 Å². The lowest BCUT2D eigenvalue weighted by Crippen LogP contribution is -2.36. The van der Waals surface area contributed by atoms with E-state index in [9.17, 15) is 9.59 Å². The lowest BCUT2D eigenvalue weighted by atomic mass is 10.1. The standard InChI is InChI=1S/C13H16BrNO5/c1-20-11-4-2-8(6-9(11)14)3-5-12(17)15-7-10(16)13(18)19/h2,4,6,10,16H,3,5,7H2,1H3,(H,15,17)(H,18,19). The highest BCUT2D eigenvalue weighted by molar-refractivity contribution is 9.10. The van der Waals surface area contributed by atoms with Crippen molar-refractivity contribution >= 4 is 27.8 Å². The Morgan fingerprint density at radius 3 is 2.70 bits per heavy atom. The van der Waals surface area contributed by atoms with Gasteiger partial charge in [-0.3, -0.25) is 4.79 Å². The van der Waals surface area contributed by atoms with Gasteiger partial charge < -0.3 is 20.3 Å². The van der Waals surface area contributed by atoms with Gasteiger partial charge in [-0.1, -0.05) is 6.07 Å². The molecular formula is C13H16BrNO5. The van der Waals surface area contributed by atoms with Crippen LogP contribution >= 0.6 is 15.9 Å². The van der Waals surface area contributed by atoms with Crippen LogP contribution in [0.4, 0.5) is 0 Å². The van der Waals surface area contributed by atoms with Gasteiger partial charge in [0.1, 0.15) is 5.75 Å². The number of hydrogen-bond acceptors (Lipinski definition) is 4. The van der Waals surface area contributed by atoms with Crippen LogP contribution in [0.15, 0.2) is 22.7 Å². The highest BCUT2D eigenvalue weighted by atomic mass is 79.9. The maximum absolute atomic E-state index is 11.5. The number of amides is 1. The molecule has 0 bridgehead atoms. The first kappa shape index (κ1) is 16.5. The number of carboxylic acids is 1. The molecule has 1 atom stereocenters. The van der Waals surface area contributed by atoms with E-state index in [2.05, 4.69) is 21.2 Å². The Morgan fingerprint density at radius 1 is 1.45 bits per heavy atom. The molecule has 0 aliphatic heterocycles. The molecule has 1 aromatic rings. The number of aliphatic hydroxyl groups is 1. The molecular weight excluding hydrogens is 330 g/mol. The summed E-state index contributed by atoms with van der Waals surface area (Å²) in [6.45, 7) is -0.291. The van der Waals surface area contributed by atoms with Crippen molar-refractivity contribution in [3.8, 4) is 5.75 Å². The molecule has 110 valence electrons. The number of aliphatic carboxylic acids is 1. The maximum Gasteiger partial charge on any atom is 0.334 e. The van der Waals surface area contributed by atoms with Crippen molar-refractivity contribution in [1.29, 1.82) is 0 Å². The van der Waals surface area contributed by atoms with Crippen molar-refractivity contribution in [2.24, 2.45) is 0 Å². The third-order valence-electron chi connectivity index (χ3n) is 2.63. The van der Waals surface area contributed by atoms with E-state index in [1.807, 2.05) is 12.1 Å². The Hall–Kier alpha value is -1.60. The summed E-state index contributed by atoms with van der Waals surface area (Å²) in [7, 11) is 1.57. The van der Waals surface area contributed by atoms with Gasteiger partial charge >= 0.3 is 5.97 Å². The van der Waals surface area contributed by atoms with Crippen molar-refractivity contribution in [2.45, 2.75) is 18.9 Å². The van der Waals surface area contributed by atoms with Gasteiger partial charge in [-0.2, -0.15) is 0 Å². The second-order valence-electron chi connectivity index (χ2n) is 4.13. The number of hydrogen-bond donors (Lipinski definition) is 3.